The Morgan fingerprint density at radius 2 is 1.91 bits per heavy atom. The van der Waals surface area contributed by atoms with Crippen molar-refractivity contribution in [3.63, 3.8) is 0 Å². The van der Waals surface area contributed by atoms with E-state index < -0.39 is 35.3 Å². The van der Waals surface area contributed by atoms with Gasteiger partial charge in [-0.15, -0.1) is 0 Å². The van der Waals surface area contributed by atoms with Crippen LogP contribution in [0.4, 0.5) is 13.2 Å². The summed E-state index contributed by atoms with van der Waals surface area (Å²) in [6.45, 7) is 1.48. The molecule has 1 aliphatic carbocycles. The first-order valence-electron chi connectivity index (χ1n) is 11.6. The maximum absolute atomic E-state index is 12.9. The number of esters is 1. The van der Waals surface area contributed by atoms with Crippen molar-refractivity contribution in [3.8, 4) is 11.8 Å². The van der Waals surface area contributed by atoms with Crippen LogP contribution in [0.15, 0.2) is 24.3 Å². The Kier molecular flexibility index (Phi) is 10.1. The third-order valence-corrected chi connectivity index (χ3v) is 6.21. The Hall–Kier alpha value is -2.37. The molecule has 0 heterocycles. The van der Waals surface area contributed by atoms with Crippen LogP contribution in [-0.2, 0) is 26.9 Å². The zero-order valence-electron chi connectivity index (χ0n) is 19.7. The zero-order chi connectivity index (χ0) is 25.4. The molecule has 2 rings (SSSR count). The monoisotopic (exact) mass is 482 g/mol. The van der Waals surface area contributed by atoms with Gasteiger partial charge in [-0.05, 0) is 44.2 Å². The minimum absolute atomic E-state index is 0.0265. The fraction of sp³-hybridized carbons (Fsp3) is 0.615. The first-order valence-corrected chi connectivity index (χ1v) is 11.6. The molecule has 0 aromatic heterocycles. The lowest BCUT2D eigenvalue weighted by Gasteiger charge is -2.19. The summed E-state index contributed by atoms with van der Waals surface area (Å²) in [6.07, 6.45) is -0.913. The van der Waals surface area contributed by atoms with Crippen molar-refractivity contribution < 1.29 is 37.7 Å². The van der Waals surface area contributed by atoms with Crippen LogP contribution in [0.1, 0.15) is 69.4 Å². The number of aliphatic hydroxyl groups is 2. The van der Waals surface area contributed by atoms with Gasteiger partial charge in [0, 0.05) is 18.8 Å². The van der Waals surface area contributed by atoms with E-state index in [0.29, 0.717) is 24.8 Å². The molecule has 5 nitrogen and oxygen atoms in total. The van der Waals surface area contributed by atoms with Crippen molar-refractivity contribution >= 4 is 11.8 Å². The number of hydrogen-bond acceptors (Lipinski definition) is 5. The Morgan fingerprint density at radius 1 is 1.21 bits per heavy atom. The molecular weight excluding hydrogens is 449 g/mol. The lowest BCUT2D eigenvalue weighted by molar-refractivity contribution is -0.140. The predicted octanol–water partition coefficient (Wildman–Crippen LogP) is 4.47. The van der Waals surface area contributed by atoms with Crippen LogP contribution in [0.3, 0.4) is 0 Å². The maximum Gasteiger partial charge on any atom is 0.416 e. The fourth-order valence-corrected chi connectivity index (χ4v) is 4.17. The van der Waals surface area contributed by atoms with Crippen LogP contribution in [0, 0.1) is 23.7 Å². The van der Waals surface area contributed by atoms with Gasteiger partial charge in [-0.3, -0.25) is 9.59 Å². The average molecular weight is 483 g/mol. The van der Waals surface area contributed by atoms with Crippen LogP contribution in [0.2, 0.25) is 0 Å². The second-order valence-corrected chi connectivity index (χ2v) is 9.14. The maximum atomic E-state index is 12.9. The molecule has 0 amide bonds. The Balaban J connectivity index is 1.91. The van der Waals surface area contributed by atoms with E-state index in [-0.39, 0.29) is 31.0 Å². The summed E-state index contributed by atoms with van der Waals surface area (Å²) in [5.41, 5.74) is -1.77. The number of unbranched alkanes of at least 4 members (excludes halogenated alkanes) is 3. The van der Waals surface area contributed by atoms with E-state index in [4.69, 9.17) is 0 Å². The number of halogens is 3. The number of ether oxygens (including phenoxy) is 1. The van der Waals surface area contributed by atoms with Gasteiger partial charge in [0.05, 0.1) is 24.7 Å². The zero-order valence-corrected chi connectivity index (χ0v) is 19.7. The van der Waals surface area contributed by atoms with Gasteiger partial charge >= 0.3 is 12.1 Å². The Labute approximate surface area is 198 Å². The van der Waals surface area contributed by atoms with Gasteiger partial charge in [0.25, 0.3) is 0 Å². The van der Waals surface area contributed by atoms with E-state index in [1.807, 2.05) is 0 Å². The molecule has 34 heavy (non-hydrogen) atoms. The highest BCUT2D eigenvalue weighted by Gasteiger charge is 2.40. The molecule has 1 aliphatic rings. The van der Waals surface area contributed by atoms with Gasteiger partial charge in [0.15, 0.2) is 0 Å². The summed E-state index contributed by atoms with van der Waals surface area (Å²) in [4.78, 5) is 23.5. The lowest BCUT2D eigenvalue weighted by atomic mass is 9.88. The minimum Gasteiger partial charge on any atom is -0.469 e. The average Bonchev–Trinajstić information content (AvgIpc) is 3.05. The van der Waals surface area contributed by atoms with Crippen LogP contribution in [0.25, 0.3) is 0 Å². The third kappa shape index (κ3) is 8.77. The van der Waals surface area contributed by atoms with Crippen molar-refractivity contribution in [1.29, 1.82) is 0 Å². The van der Waals surface area contributed by atoms with Crippen molar-refractivity contribution in [3.05, 3.63) is 35.4 Å². The largest absolute Gasteiger partial charge is 0.469 e. The molecule has 0 aliphatic heterocycles. The second-order valence-electron chi connectivity index (χ2n) is 9.14. The summed E-state index contributed by atoms with van der Waals surface area (Å²) >= 11 is 0. The molecule has 0 saturated heterocycles. The van der Waals surface area contributed by atoms with Gasteiger partial charge in [0.1, 0.15) is 11.4 Å². The number of rotatable bonds is 10. The van der Waals surface area contributed by atoms with Crippen molar-refractivity contribution in [2.75, 3.05) is 7.11 Å². The van der Waals surface area contributed by atoms with E-state index in [1.165, 1.54) is 20.1 Å². The molecule has 188 valence electrons. The number of hydrogen-bond donors (Lipinski definition) is 2. The molecule has 0 unspecified atom stereocenters. The summed E-state index contributed by atoms with van der Waals surface area (Å²) in [5, 5.41) is 20.9. The molecular formula is C26H33F3O5. The van der Waals surface area contributed by atoms with Crippen molar-refractivity contribution in [2.45, 2.75) is 82.6 Å². The summed E-state index contributed by atoms with van der Waals surface area (Å²) in [7, 11) is 1.35. The molecule has 0 radical (unpaired) electrons. The molecule has 1 aromatic carbocycles. The molecule has 1 aromatic rings. The van der Waals surface area contributed by atoms with Crippen LogP contribution in [-0.4, -0.2) is 40.8 Å². The highest BCUT2D eigenvalue weighted by molar-refractivity contribution is 5.85. The fourth-order valence-electron chi connectivity index (χ4n) is 4.17. The molecule has 0 bridgehead atoms. The molecule has 2 N–H and O–H groups in total. The van der Waals surface area contributed by atoms with E-state index in [9.17, 15) is 33.0 Å². The number of benzene rings is 1. The summed E-state index contributed by atoms with van der Waals surface area (Å²) in [6, 6.07) is 4.96. The van der Waals surface area contributed by atoms with Gasteiger partial charge in [-0.2, -0.15) is 13.2 Å². The first-order chi connectivity index (χ1) is 15.9. The van der Waals surface area contributed by atoms with Crippen LogP contribution >= 0.6 is 0 Å². The highest BCUT2D eigenvalue weighted by Crippen LogP contribution is 2.33. The molecule has 0 spiro atoms. The second kappa shape index (κ2) is 12.4. The van der Waals surface area contributed by atoms with Gasteiger partial charge in [-0.25, -0.2) is 0 Å². The van der Waals surface area contributed by atoms with Crippen LogP contribution in [0.5, 0.6) is 0 Å². The normalized spacial score (nSPS) is 22.1. The lowest BCUT2D eigenvalue weighted by Crippen LogP contribution is -2.25. The summed E-state index contributed by atoms with van der Waals surface area (Å²) in [5.74, 6) is 4.34. The minimum atomic E-state index is -4.43. The van der Waals surface area contributed by atoms with Crippen molar-refractivity contribution in [1.82, 2.24) is 0 Å². The predicted molar refractivity (Wildman–Crippen MR) is 120 cm³/mol. The Bertz CT molecular complexity index is 898. The number of carbonyl (C=O) groups excluding carboxylic acids is 2. The number of ketones is 1. The van der Waals surface area contributed by atoms with Crippen LogP contribution < -0.4 is 0 Å². The summed E-state index contributed by atoms with van der Waals surface area (Å²) < 4.78 is 43.3. The number of Topliss-reactive ketones (excluding diaryl/α,β-unsaturated/α-hetero) is 1. The van der Waals surface area contributed by atoms with E-state index in [2.05, 4.69) is 16.6 Å². The van der Waals surface area contributed by atoms with E-state index in [1.54, 1.807) is 6.07 Å². The highest BCUT2D eigenvalue weighted by atomic mass is 19.4. The standard InChI is InChI=1S/C26H33F3O5/c1-25(33,14-12-18-8-7-9-19(16-18)26(27,28)29)15-13-21-20(22(30)17-23(21)31)10-5-3-4-6-11-24(32)34-2/h7-9,16,20-21,23,31,33H,3-6,10-12,14,17H2,1-2H3/t20-,21-,23+,25-/m1/s1. The topological polar surface area (TPSA) is 83.8 Å². The van der Waals surface area contributed by atoms with E-state index in [0.717, 1.165) is 31.4 Å². The number of alkyl halides is 3. The van der Waals surface area contributed by atoms with Crippen molar-refractivity contribution in [2.24, 2.45) is 11.8 Å². The third-order valence-electron chi connectivity index (χ3n) is 6.21. The first kappa shape index (κ1) is 27.9. The Morgan fingerprint density at radius 3 is 2.59 bits per heavy atom. The number of aryl methyl sites for hydroxylation is 1. The molecule has 1 fully saturated rings. The van der Waals surface area contributed by atoms with Gasteiger partial charge in [0.2, 0.25) is 0 Å². The SMILES string of the molecule is COC(=O)CCCCCC[C@H]1C(=O)C[C@H](O)[C@@H]1C#C[C@](C)(O)CCc1cccc(C(F)(F)F)c1. The number of carbonyl (C=O) groups is 2. The molecule has 8 heteroatoms. The van der Waals surface area contributed by atoms with E-state index >= 15 is 0 Å². The van der Waals surface area contributed by atoms with Gasteiger partial charge < -0.3 is 14.9 Å². The number of methoxy groups -OCH3 is 1. The number of aliphatic hydroxyl groups excluding tert-OH is 1. The smallest absolute Gasteiger partial charge is 0.416 e. The quantitative estimate of drug-likeness (QED) is 0.292. The molecule has 4 atom stereocenters. The van der Waals surface area contributed by atoms with Gasteiger partial charge in [-0.1, -0.05) is 49.3 Å². The molecule has 1 saturated carbocycles.